The SMILES string of the molecule is Cc1cn2nc(-c3cc(F)c4nc(NC(=O)C5CNCC5(C)C)nn4c3)cc(C)c2n1. The molecule has 0 bridgehead atoms. The second-order valence-corrected chi connectivity index (χ2v) is 8.80. The lowest BCUT2D eigenvalue weighted by molar-refractivity contribution is -0.121. The number of aromatic nitrogens is 6. The molecule has 0 spiro atoms. The highest BCUT2D eigenvalue weighted by Crippen LogP contribution is 2.31. The average molecular weight is 422 g/mol. The first-order valence-corrected chi connectivity index (χ1v) is 10.1. The van der Waals surface area contributed by atoms with Gasteiger partial charge >= 0.3 is 0 Å². The van der Waals surface area contributed by atoms with Crippen LogP contribution in [0.1, 0.15) is 25.1 Å². The highest BCUT2D eigenvalue weighted by molar-refractivity contribution is 5.92. The van der Waals surface area contributed by atoms with Gasteiger partial charge in [0, 0.05) is 24.8 Å². The minimum atomic E-state index is -0.547. The molecule has 0 radical (unpaired) electrons. The summed E-state index contributed by atoms with van der Waals surface area (Å²) < 4.78 is 17.9. The first-order valence-electron chi connectivity index (χ1n) is 10.1. The molecule has 10 heteroatoms. The summed E-state index contributed by atoms with van der Waals surface area (Å²) in [7, 11) is 0. The largest absolute Gasteiger partial charge is 0.315 e. The number of anilines is 1. The molecule has 1 atom stereocenters. The lowest BCUT2D eigenvalue weighted by Gasteiger charge is -2.23. The van der Waals surface area contributed by atoms with E-state index in [0.717, 1.165) is 23.4 Å². The molecular weight excluding hydrogens is 399 g/mol. The molecule has 160 valence electrons. The predicted molar refractivity (Wildman–Crippen MR) is 113 cm³/mol. The monoisotopic (exact) mass is 422 g/mol. The lowest BCUT2D eigenvalue weighted by atomic mass is 9.81. The van der Waals surface area contributed by atoms with E-state index in [0.29, 0.717) is 17.8 Å². The van der Waals surface area contributed by atoms with Crippen molar-refractivity contribution in [3.8, 4) is 11.3 Å². The van der Waals surface area contributed by atoms with Crippen molar-refractivity contribution >= 4 is 23.1 Å². The van der Waals surface area contributed by atoms with Crippen LogP contribution in [-0.4, -0.2) is 48.2 Å². The number of hydrogen-bond acceptors (Lipinski definition) is 6. The van der Waals surface area contributed by atoms with Gasteiger partial charge in [-0.05, 0) is 37.0 Å². The fourth-order valence-electron chi connectivity index (χ4n) is 4.11. The quantitative estimate of drug-likeness (QED) is 0.526. The highest BCUT2D eigenvalue weighted by atomic mass is 19.1. The highest BCUT2D eigenvalue weighted by Gasteiger charge is 2.39. The van der Waals surface area contributed by atoms with Gasteiger partial charge in [0.2, 0.25) is 11.9 Å². The minimum absolute atomic E-state index is 0.0409. The third-order valence-electron chi connectivity index (χ3n) is 5.84. The number of aryl methyl sites for hydroxylation is 2. The smallest absolute Gasteiger partial charge is 0.249 e. The average Bonchev–Trinajstić information content (AvgIpc) is 3.37. The maximum Gasteiger partial charge on any atom is 0.249 e. The Labute approximate surface area is 177 Å². The molecule has 5 heterocycles. The fraction of sp³-hybridized carbons (Fsp3) is 0.381. The molecule has 4 aromatic heterocycles. The Morgan fingerprint density at radius 3 is 2.68 bits per heavy atom. The topological polar surface area (TPSA) is 102 Å². The number of amides is 1. The number of nitrogens with one attached hydrogen (secondary N) is 2. The van der Waals surface area contributed by atoms with Crippen molar-refractivity contribution in [1.82, 2.24) is 34.5 Å². The van der Waals surface area contributed by atoms with E-state index in [2.05, 4.69) is 30.8 Å². The van der Waals surface area contributed by atoms with Crippen molar-refractivity contribution < 1.29 is 9.18 Å². The third-order valence-corrected chi connectivity index (χ3v) is 5.84. The molecular formula is C21H23FN8O. The van der Waals surface area contributed by atoms with Gasteiger partial charge in [0.25, 0.3) is 0 Å². The van der Waals surface area contributed by atoms with Crippen molar-refractivity contribution in [3.63, 3.8) is 0 Å². The number of halogens is 1. The van der Waals surface area contributed by atoms with Crippen LogP contribution in [0.4, 0.5) is 10.3 Å². The van der Waals surface area contributed by atoms with E-state index in [-0.39, 0.29) is 28.8 Å². The summed E-state index contributed by atoms with van der Waals surface area (Å²) in [5.41, 5.74) is 3.55. The Hall–Kier alpha value is -3.40. The molecule has 1 amide bonds. The molecule has 1 saturated heterocycles. The standard InChI is InChI=1S/C21H23FN8O/c1-11-5-16(27-29-8-12(2)24-17(11)29)13-6-15(22)18-25-20(28-30(18)9-13)26-19(31)14-7-23-10-21(14,3)4/h5-6,8-9,14,23H,7,10H2,1-4H3,(H,26,28,31). The number of pyridine rings is 1. The Morgan fingerprint density at radius 1 is 1.16 bits per heavy atom. The van der Waals surface area contributed by atoms with E-state index in [4.69, 9.17) is 0 Å². The zero-order chi connectivity index (χ0) is 21.9. The van der Waals surface area contributed by atoms with Crippen LogP contribution in [0.3, 0.4) is 0 Å². The second-order valence-electron chi connectivity index (χ2n) is 8.80. The zero-order valence-corrected chi connectivity index (χ0v) is 17.8. The lowest BCUT2D eigenvalue weighted by Crippen LogP contribution is -2.34. The zero-order valence-electron chi connectivity index (χ0n) is 17.8. The number of fused-ring (bicyclic) bond motifs is 2. The van der Waals surface area contributed by atoms with Gasteiger partial charge in [-0.25, -0.2) is 18.4 Å². The molecule has 0 aromatic carbocycles. The van der Waals surface area contributed by atoms with Crippen LogP contribution in [0, 0.1) is 31.0 Å². The normalized spacial score (nSPS) is 18.2. The van der Waals surface area contributed by atoms with Crippen molar-refractivity contribution in [2.45, 2.75) is 27.7 Å². The maximum atomic E-state index is 14.8. The summed E-state index contributed by atoms with van der Waals surface area (Å²) in [4.78, 5) is 21.3. The number of carbonyl (C=O) groups excluding carboxylic acids is 1. The fourth-order valence-corrected chi connectivity index (χ4v) is 4.11. The number of nitrogens with zero attached hydrogens (tertiary/aromatic N) is 6. The van der Waals surface area contributed by atoms with Gasteiger partial charge < -0.3 is 5.32 Å². The van der Waals surface area contributed by atoms with Gasteiger partial charge in [0.1, 0.15) is 0 Å². The van der Waals surface area contributed by atoms with E-state index in [1.54, 1.807) is 10.7 Å². The first-order chi connectivity index (χ1) is 14.7. The van der Waals surface area contributed by atoms with Gasteiger partial charge in [-0.3, -0.25) is 10.1 Å². The van der Waals surface area contributed by atoms with E-state index in [9.17, 15) is 9.18 Å². The first kappa shape index (κ1) is 19.6. The van der Waals surface area contributed by atoms with E-state index in [1.165, 1.54) is 10.6 Å². The molecule has 1 aliphatic rings. The van der Waals surface area contributed by atoms with Gasteiger partial charge in [-0.2, -0.15) is 10.1 Å². The third kappa shape index (κ3) is 3.32. The van der Waals surface area contributed by atoms with Gasteiger partial charge in [-0.1, -0.05) is 13.8 Å². The van der Waals surface area contributed by atoms with Crippen molar-refractivity contribution in [3.05, 3.63) is 41.6 Å². The maximum absolute atomic E-state index is 14.8. The van der Waals surface area contributed by atoms with Crippen LogP contribution in [0.2, 0.25) is 0 Å². The Morgan fingerprint density at radius 2 is 1.94 bits per heavy atom. The number of imidazole rings is 1. The van der Waals surface area contributed by atoms with E-state index >= 15 is 0 Å². The van der Waals surface area contributed by atoms with Crippen LogP contribution in [0.5, 0.6) is 0 Å². The summed E-state index contributed by atoms with van der Waals surface area (Å²) in [6, 6.07) is 3.23. The summed E-state index contributed by atoms with van der Waals surface area (Å²) in [6.45, 7) is 9.25. The van der Waals surface area contributed by atoms with Crippen molar-refractivity contribution in [1.29, 1.82) is 0 Å². The molecule has 1 unspecified atom stereocenters. The molecule has 0 saturated carbocycles. The van der Waals surface area contributed by atoms with Crippen LogP contribution in [0.15, 0.2) is 24.5 Å². The van der Waals surface area contributed by atoms with E-state index < -0.39 is 5.82 Å². The summed E-state index contributed by atoms with van der Waals surface area (Å²) >= 11 is 0. The molecule has 1 fully saturated rings. The van der Waals surface area contributed by atoms with Crippen LogP contribution in [0.25, 0.3) is 22.6 Å². The predicted octanol–water partition coefficient (Wildman–Crippen LogP) is 2.38. The van der Waals surface area contributed by atoms with Gasteiger partial charge in [0.05, 0.1) is 23.5 Å². The summed E-state index contributed by atoms with van der Waals surface area (Å²) in [5, 5.41) is 14.8. The van der Waals surface area contributed by atoms with Crippen molar-refractivity contribution in [2.24, 2.45) is 11.3 Å². The number of rotatable bonds is 3. The van der Waals surface area contributed by atoms with Crippen LogP contribution < -0.4 is 10.6 Å². The number of hydrogen-bond donors (Lipinski definition) is 2. The Kier molecular flexibility index (Phi) is 4.30. The van der Waals surface area contributed by atoms with Crippen molar-refractivity contribution in [2.75, 3.05) is 18.4 Å². The van der Waals surface area contributed by atoms with Crippen LogP contribution in [-0.2, 0) is 4.79 Å². The second kappa shape index (κ2) is 6.81. The number of carbonyl (C=O) groups is 1. The molecule has 4 aromatic rings. The Bertz CT molecular complexity index is 1340. The minimum Gasteiger partial charge on any atom is -0.315 e. The van der Waals surface area contributed by atoms with Gasteiger partial charge in [0.15, 0.2) is 17.1 Å². The molecule has 2 N–H and O–H groups in total. The Balaban J connectivity index is 1.49. The summed E-state index contributed by atoms with van der Waals surface area (Å²) in [5.74, 6) is -0.856. The van der Waals surface area contributed by atoms with Gasteiger partial charge in [-0.15, -0.1) is 5.10 Å². The molecule has 1 aliphatic heterocycles. The molecule has 0 aliphatic carbocycles. The molecule has 5 rings (SSSR count). The molecule has 31 heavy (non-hydrogen) atoms. The van der Waals surface area contributed by atoms with Crippen LogP contribution >= 0.6 is 0 Å². The van der Waals surface area contributed by atoms with E-state index in [1.807, 2.05) is 40.0 Å². The summed E-state index contributed by atoms with van der Waals surface area (Å²) in [6.07, 6.45) is 3.47. The molecule has 9 nitrogen and oxygen atoms in total.